The van der Waals surface area contributed by atoms with Gasteiger partial charge in [-0.05, 0) is 96.3 Å². The van der Waals surface area contributed by atoms with Crippen molar-refractivity contribution >= 4 is 17.9 Å². The quantitative estimate of drug-likeness (QED) is 0.0261. The van der Waals surface area contributed by atoms with Gasteiger partial charge >= 0.3 is 17.9 Å². The lowest BCUT2D eigenvalue weighted by Gasteiger charge is -2.18. The molecule has 0 heterocycles. The average molecular weight is 1000 g/mol. The van der Waals surface area contributed by atoms with Crippen LogP contribution in [0.5, 0.6) is 0 Å². The largest absolute Gasteiger partial charge is 0.462 e. The molecule has 0 amide bonds. The minimum absolute atomic E-state index is 0.0990. The van der Waals surface area contributed by atoms with E-state index in [0.717, 1.165) is 122 Å². The number of hydrogen-bond acceptors (Lipinski definition) is 6. The minimum Gasteiger partial charge on any atom is -0.462 e. The minimum atomic E-state index is -0.807. The average Bonchev–Trinajstić information content (AvgIpc) is 3.38. The number of hydrogen-bond donors (Lipinski definition) is 0. The van der Waals surface area contributed by atoms with Crippen LogP contribution in [0.2, 0.25) is 0 Å². The molecule has 0 aliphatic carbocycles. The van der Waals surface area contributed by atoms with E-state index in [4.69, 9.17) is 14.2 Å². The maximum atomic E-state index is 12.9. The molecule has 6 nitrogen and oxygen atoms in total. The molecule has 0 aromatic carbocycles. The molecule has 0 aliphatic rings. The van der Waals surface area contributed by atoms with E-state index in [1.54, 1.807) is 0 Å². The maximum absolute atomic E-state index is 12.9. The van der Waals surface area contributed by atoms with Gasteiger partial charge in [0.15, 0.2) is 6.10 Å². The monoisotopic (exact) mass is 1000 g/mol. The summed E-state index contributed by atoms with van der Waals surface area (Å²) in [7, 11) is 0. The Morgan fingerprint density at radius 1 is 0.292 bits per heavy atom. The second kappa shape index (κ2) is 59.9. The lowest BCUT2D eigenvalue weighted by Crippen LogP contribution is -2.30. The van der Waals surface area contributed by atoms with Gasteiger partial charge in [0.25, 0.3) is 0 Å². The third-order valence-electron chi connectivity index (χ3n) is 12.8. The van der Waals surface area contributed by atoms with E-state index >= 15 is 0 Å². The first-order valence-electron chi connectivity index (χ1n) is 30.2. The van der Waals surface area contributed by atoms with Gasteiger partial charge in [-0.15, -0.1) is 0 Å². The zero-order valence-electron chi connectivity index (χ0n) is 47.2. The van der Waals surface area contributed by atoms with Crippen molar-refractivity contribution in [2.45, 2.75) is 290 Å². The highest BCUT2D eigenvalue weighted by molar-refractivity contribution is 5.71. The fraction of sp³-hybridized carbons (Fsp3) is 0.712. The van der Waals surface area contributed by atoms with E-state index in [1.807, 2.05) is 0 Å². The van der Waals surface area contributed by atoms with Gasteiger partial charge in [0, 0.05) is 19.3 Å². The summed E-state index contributed by atoms with van der Waals surface area (Å²) in [6.45, 7) is 6.38. The lowest BCUT2D eigenvalue weighted by atomic mass is 10.0. The standard InChI is InChI=1S/C66H112O6/c1-4-7-10-13-16-19-22-25-27-29-31-32-33-35-36-38-41-44-47-50-53-56-59-65(68)71-62-63(61-70-64(67)58-55-52-49-46-43-40-24-21-18-15-12-9-6-3)72-66(69)60-57-54-51-48-45-42-39-37-34-30-28-26-23-20-17-14-11-8-5-2/h8-9,11-12,17-18,20-21,26,28,34,37,40,42-43,45,63H,4-7,10,13-16,19,22-25,27,29-33,35-36,38-39,41,44,46-62H2,1-3H3/b11-8-,12-9-,20-17-,21-18-,28-26-,37-34-,43-40-,45-42-. The van der Waals surface area contributed by atoms with Gasteiger partial charge in [-0.2, -0.15) is 0 Å². The van der Waals surface area contributed by atoms with E-state index in [0.29, 0.717) is 12.8 Å². The SMILES string of the molecule is CC/C=C\C/C=C\C/C=C\C/C=C\C/C=C\CCCCCC(=O)OC(COC(=O)CCCCC/C=C\C/C=C\C/C=C\CC)COC(=O)CCCCCCCCCCCCCCCCCCCCCCCC. The predicted octanol–water partition coefficient (Wildman–Crippen LogP) is 20.5. The number of carbonyl (C=O) groups excluding carboxylic acids is 3. The number of esters is 3. The Bertz CT molecular complexity index is 1430. The molecule has 0 aromatic rings. The summed E-state index contributed by atoms with van der Waals surface area (Å²) in [5.41, 5.74) is 0. The Kier molecular flexibility index (Phi) is 56.8. The van der Waals surface area contributed by atoms with Gasteiger partial charge in [0.2, 0.25) is 0 Å². The molecule has 0 N–H and O–H groups in total. The Morgan fingerprint density at radius 3 is 0.847 bits per heavy atom. The Morgan fingerprint density at radius 2 is 0.542 bits per heavy atom. The van der Waals surface area contributed by atoms with E-state index < -0.39 is 6.10 Å². The van der Waals surface area contributed by atoms with Crippen molar-refractivity contribution in [1.29, 1.82) is 0 Å². The van der Waals surface area contributed by atoms with Crippen molar-refractivity contribution in [3.63, 3.8) is 0 Å². The second-order valence-electron chi connectivity index (χ2n) is 19.9. The summed E-state index contributed by atoms with van der Waals surface area (Å²) < 4.78 is 16.8. The van der Waals surface area contributed by atoms with Gasteiger partial charge in [-0.25, -0.2) is 0 Å². The molecule has 72 heavy (non-hydrogen) atoms. The predicted molar refractivity (Wildman–Crippen MR) is 311 cm³/mol. The number of carbonyl (C=O) groups is 3. The topological polar surface area (TPSA) is 78.9 Å². The lowest BCUT2D eigenvalue weighted by molar-refractivity contribution is -0.167. The van der Waals surface area contributed by atoms with Gasteiger partial charge in [0.05, 0.1) is 0 Å². The van der Waals surface area contributed by atoms with Crippen molar-refractivity contribution in [2.24, 2.45) is 0 Å². The zero-order valence-corrected chi connectivity index (χ0v) is 47.2. The van der Waals surface area contributed by atoms with Gasteiger partial charge in [-0.3, -0.25) is 14.4 Å². The van der Waals surface area contributed by atoms with Crippen molar-refractivity contribution in [1.82, 2.24) is 0 Å². The van der Waals surface area contributed by atoms with Crippen LogP contribution < -0.4 is 0 Å². The maximum Gasteiger partial charge on any atom is 0.306 e. The number of unbranched alkanes of at least 4 members (excludes halogenated alkanes) is 27. The Balaban J connectivity index is 4.39. The van der Waals surface area contributed by atoms with Crippen LogP contribution in [0.3, 0.4) is 0 Å². The van der Waals surface area contributed by atoms with Crippen LogP contribution in [0.25, 0.3) is 0 Å². The van der Waals surface area contributed by atoms with Crippen LogP contribution in [-0.4, -0.2) is 37.2 Å². The Hall–Kier alpha value is -3.67. The van der Waals surface area contributed by atoms with E-state index in [1.165, 1.54) is 122 Å². The summed E-state index contributed by atoms with van der Waals surface area (Å²) in [6, 6.07) is 0. The van der Waals surface area contributed by atoms with Crippen LogP contribution in [0, 0.1) is 0 Å². The molecule has 0 saturated heterocycles. The first-order valence-corrected chi connectivity index (χ1v) is 30.2. The van der Waals surface area contributed by atoms with Gasteiger partial charge < -0.3 is 14.2 Å². The Labute approximate surface area is 445 Å². The number of allylic oxidation sites excluding steroid dienone is 16. The molecular formula is C66H112O6. The second-order valence-corrected chi connectivity index (χ2v) is 19.9. The highest BCUT2D eigenvalue weighted by atomic mass is 16.6. The highest BCUT2D eigenvalue weighted by Gasteiger charge is 2.19. The normalized spacial score (nSPS) is 12.8. The third kappa shape index (κ3) is 57.2. The number of ether oxygens (including phenoxy) is 3. The smallest absolute Gasteiger partial charge is 0.306 e. The summed E-state index contributed by atoms with van der Waals surface area (Å²) in [6.07, 6.45) is 79.9. The molecule has 1 unspecified atom stereocenters. The van der Waals surface area contributed by atoms with Crippen LogP contribution in [0.1, 0.15) is 284 Å². The molecule has 0 bridgehead atoms. The molecule has 412 valence electrons. The molecule has 0 fully saturated rings. The first kappa shape index (κ1) is 68.3. The summed E-state index contributed by atoms with van der Waals surface area (Å²) >= 11 is 0. The van der Waals surface area contributed by atoms with Gasteiger partial charge in [-0.1, -0.05) is 266 Å². The van der Waals surface area contributed by atoms with E-state index in [-0.39, 0.29) is 37.5 Å². The third-order valence-corrected chi connectivity index (χ3v) is 12.8. The fourth-order valence-electron chi connectivity index (χ4n) is 8.37. The van der Waals surface area contributed by atoms with Crippen molar-refractivity contribution in [3.8, 4) is 0 Å². The van der Waals surface area contributed by atoms with Crippen LogP contribution >= 0.6 is 0 Å². The van der Waals surface area contributed by atoms with Crippen molar-refractivity contribution in [3.05, 3.63) is 97.2 Å². The molecule has 0 rings (SSSR count). The van der Waals surface area contributed by atoms with Crippen LogP contribution in [0.15, 0.2) is 97.2 Å². The molecular weight excluding hydrogens is 889 g/mol. The van der Waals surface area contributed by atoms with Crippen molar-refractivity contribution in [2.75, 3.05) is 13.2 Å². The highest BCUT2D eigenvalue weighted by Crippen LogP contribution is 2.16. The van der Waals surface area contributed by atoms with E-state index in [2.05, 4.69) is 118 Å². The molecule has 0 saturated carbocycles. The molecule has 0 aliphatic heterocycles. The molecule has 6 heteroatoms. The van der Waals surface area contributed by atoms with E-state index in [9.17, 15) is 14.4 Å². The molecule has 0 radical (unpaired) electrons. The fourth-order valence-corrected chi connectivity index (χ4v) is 8.37. The molecule has 0 aromatic heterocycles. The summed E-state index contributed by atoms with van der Waals surface area (Å²) in [5, 5.41) is 0. The molecule has 0 spiro atoms. The number of rotatable bonds is 54. The van der Waals surface area contributed by atoms with Crippen LogP contribution in [-0.2, 0) is 28.6 Å². The summed E-state index contributed by atoms with van der Waals surface area (Å²) in [5.74, 6) is -0.955. The van der Waals surface area contributed by atoms with Crippen molar-refractivity contribution < 1.29 is 28.6 Å². The molecule has 1 atom stereocenters. The van der Waals surface area contributed by atoms with Gasteiger partial charge in [0.1, 0.15) is 13.2 Å². The van der Waals surface area contributed by atoms with Crippen LogP contribution in [0.4, 0.5) is 0 Å². The zero-order chi connectivity index (χ0) is 52.2. The first-order chi connectivity index (χ1) is 35.5. The summed E-state index contributed by atoms with van der Waals surface area (Å²) in [4.78, 5) is 38.2.